The van der Waals surface area contributed by atoms with Crippen molar-refractivity contribution >= 4 is 7.25 Å². The molecule has 2 saturated carbocycles. The number of fused-ring (bicyclic) bond motifs is 4. The first-order valence-corrected chi connectivity index (χ1v) is 8.33. The number of rotatable bonds is 2. The topological polar surface area (TPSA) is 0 Å². The van der Waals surface area contributed by atoms with Crippen LogP contribution in [0.25, 0.3) is 0 Å². The number of allylic oxidation sites excluding steroid dienone is 8. The molecular formula is C14H14BF4Rh. The Kier molecular flexibility index (Phi) is 3.78. The van der Waals surface area contributed by atoms with Crippen molar-refractivity contribution in [1.29, 1.82) is 0 Å². The molecule has 4 aliphatic carbocycles. The van der Waals surface area contributed by atoms with Gasteiger partial charge in [0, 0.05) is 0 Å². The Labute approximate surface area is 123 Å². The van der Waals surface area contributed by atoms with Crippen molar-refractivity contribution in [2.45, 2.75) is 38.5 Å². The maximum absolute atomic E-state index is 9.75. The van der Waals surface area contributed by atoms with Crippen molar-refractivity contribution in [3.8, 4) is 0 Å². The fourth-order valence-electron chi connectivity index (χ4n) is 2.97. The molecule has 6 heteroatoms. The van der Waals surface area contributed by atoms with Gasteiger partial charge in [0.05, 0.1) is 0 Å². The van der Waals surface area contributed by atoms with E-state index in [9.17, 15) is 17.3 Å². The molecule has 0 aromatic carbocycles. The standard InChI is InChI=1S/2C7H7.BF4.Rh/c2*1-2-7-4-3-6(1)5-7;2-1(3,4)5;/h2*1H,3-5H2;;/q;;-1;+1. The van der Waals surface area contributed by atoms with E-state index < -0.39 is 7.25 Å². The van der Waals surface area contributed by atoms with Gasteiger partial charge in [-0.2, -0.15) is 0 Å². The fourth-order valence-corrected chi connectivity index (χ4v) is 5.63. The zero-order valence-corrected chi connectivity index (χ0v) is 12.5. The molecule has 110 valence electrons. The maximum Gasteiger partial charge on any atom is 0.673 e. The second-order valence-corrected chi connectivity index (χ2v) is 7.57. The minimum atomic E-state index is -6.00. The molecule has 0 amide bonds. The summed E-state index contributed by atoms with van der Waals surface area (Å²) in [6.07, 6.45) is 13.2. The van der Waals surface area contributed by atoms with E-state index in [1.165, 1.54) is 38.5 Å². The van der Waals surface area contributed by atoms with Crippen LogP contribution in [-0.4, -0.2) is 7.25 Å². The molecule has 0 nitrogen and oxygen atoms in total. The van der Waals surface area contributed by atoms with Gasteiger partial charge >= 0.3 is 106 Å². The molecule has 0 aromatic heterocycles. The van der Waals surface area contributed by atoms with E-state index in [0.717, 1.165) is 0 Å². The predicted molar refractivity (Wildman–Crippen MR) is 68.1 cm³/mol. The molecule has 4 aliphatic rings. The van der Waals surface area contributed by atoms with Crippen LogP contribution < -0.4 is 0 Å². The molecule has 0 spiro atoms. The van der Waals surface area contributed by atoms with E-state index in [4.69, 9.17) is 0 Å². The van der Waals surface area contributed by atoms with Gasteiger partial charge in [-0.15, -0.1) is 0 Å². The maximum atomic E-state index is 9.75. The van der Waals surface area contributed by atoms with E-state index >= 15 is 0 Å². The molecule has 0 heterocycles. The Morgan fingerprint density at radius 3 is 1.40 bits per heavy atom. The van der Waals surface area contributed by atoms with Crippen LogP contribution in [0.5, 0.6) is 0 Å². The first-order chi connectivity index (χ1) is 9.38. The molecule has 0 atom stereocenters. The van der Waals surface area contributed by atoms with Crippen LogP contribution >= 0.6 is 0 Å². The van der Waals surface area contributed by atoms with E-state index in [2.05, 4.69) is 12.2 Å². The van der Waals surface area contributed by atoms with Crippen LogP contribution in [0.4, 0.5) is 17.3 Å². The summed E-state index contributed by atoms with van der Waals surface area (Å²) in [7, 11) is -6.00. The monoisotopic (exact) mass is 372 g/mol. The van der Waals surface area contributed by atoms with Crippen molar-refractivity contribution in [2.75, 3.05) is 0 Å². The van der Waals surface area contributed by atoms with Crippen LogP contribution in [0, 0.1) is 0 Å². The molecule has 0 aliphatic heterocycles. The Hall–Kier alpha value is -0.632. The van der Waals surface area contributed by atoms with Gasteiger partial charge in [0.15, 0.2) is 0 Å². The van der Waals surface area contributed by atoms with E-state index in [1.54, 1.807) is 30.6 Å². The average Bonchev–Trinajstić information content (AvgIpc) is 3.06. The van der Waals surface area contributed by atoms with Crippen LogP contribution in [0.15, 0.2) is 42.8 Å². The molecule has 0 unspecified atom stereocenters. The van der Waals surface area contributed by atoms with Gasteiger partial charge in [-0.05, 0) is 0 Å². The minimum absolute atomic E-state index is 0.576. The van der Waals surface area contributed by atoms with E-state index in [0.29, 0.717) is 17.1 Å². The smallest absolute Gasteiger partial charge is 0.418 e. The summed E-state index contributed by atoms with van der Waals surface area (Å²) in [6, 6.07) is 0. The van der Waals surface area contributed by atoms with Crippen molar-refractivity contribution < 1.29 is 34.4 Å². The number of hydrogen-bond donors (Lipinski definition) is 0. The molecule has 0 aromatic rings. The first-order valence-electron chi connectivity index (χ1n) is 6.69. The summed E-state index contributed by atoms with van der Waals surface area (Å²) >= 11 is 0.576. The van der Waals surface area contributed by atoms with Gasteiger partial charge in [0.2, 0.25) is 0 Å². The second-order valence-electron chi connectivity index (χ2n) is 5.39. The third-order valence-corrected chi connectivity index (χ3v) is 6.36. The summed E-state index contributed by atoms with van der Waals surface area (Å²) in [6.45, 7) is 0. The zero-order valence-electron chi connectivity index (χ0n) is 10.8. The summed E-state index contributed by atoms with van der Waals surface area (Å²) < 4.78 is 42.5. The van der Waals surface area contributed by atoms with Gasteiger partial charge in [0.1, 0.15) is 0 Å². The Morgan fingerprint density at radius 2 is 1.15 bits per heavy atom. The van der Waals surface area contributed by atoms with Gasteiger partial charge in [0.25, 0.3) is 0 Å². The molecule has 2 fully saturated rings. The third kappa shape index (κ3) is 3.33. The van der Waals surface area contributed by atoms with Crippen molar-refractivity contribution in [1.82, 2.24) is 0 Å². The third-order valence-electron chi connectivity index (χ3n) is 3.85. The quantitative estimate of drug-likeness (QED) is 0.466. The van der Waals surface area contributed by atoms with Crippen LogP contribution in [0.3, 0.4) is 0 Å². The van der Waals surface area contributed by atoms with Crippen molar-refractivity contribution in [3.05, 3.63) is 42.8 Å². The SMILES string of the molecule is C1=C2CCC(=[C]1[Rh+][C]1=C3CCC(=C1)C3)C2.F[B-](F)(F)F. The summed E-state index contributed by atoms with van der Waals surface area (Å²) in [5.41, 5.74) is 6.99. The number of halogens is 4. The normalized spacial score (nSPS) is 23.4. The van der Waals surface area contributed by atoms with E-state index in [-0.39, 0.29) is 0 Å². The Morgan fingerprint density at radius 1 is 0.750 bits per heavy atom. The first kappa shape index (κ1) is 14.3. The summed E-state index contributed by atoms with van der Waals surface area (Å²) in [4.78, 5) is 0. The van der Waals surface area contributed by atoms with Crippen molar-refractivity contribution in [3.63, 3.8) is 0 Å². The molecule has 0 N–H and O–H groups in total. The van der Waals surface area contributed by atoms with Crippen LogP contribution in [0.2, 0.25) is 0 Å². The molecular weight excluding hydrogens is 358 g/mol. The molecule has 0 saturated heterocycles. The van der Waals surface area contributed by atoms with Crippen LogP contribution in [0.1, 0.15) is 38.5 Å². The largest absolute Gasteiger partial charge is 0.673 e. The van der Waals surface area contributed by atoms with E-state index in [1.807, 2.05) is 0 Å². The second kappa shape index (κ2) is 5.29. The average molecular weight is 372 g/mol. The van der Waals surface area contributed by atoms with Gasteiger partial charge < -0.3 is 17.3 Å². The zero-order chi connectivity index (χ0) is 14.3. The fraction of sp³-hybridized carbons (Fsp3) is 0.429. The predicted octanol–water partition coefficient (Wildman–Crippen LogP) is 5.12. The molecule has 0 radical (unpaired) electrons. The molecule has 4 rings (SSSR count). The van der Waals surface area contributed by atoms with Crippen LogP contribution in [-0.2, 0) is 17.1 Å². The van der Waals surface area contributed by atoms with Gasteiger partial charge in [-0.1, -0.05) is 0 Å². The molecule has 20 heavy (non-hydrogen) atoms. The van der Waals surface area contributed by atoms with Crippen molar-refractivity contribution in [2.24, 2.45) is 0 Å². The number of hydrogen-bond acceptors (Lipinski definition) is 0. The Bertz CT molecular complexity index is 516. The summed E-state index contributed by atoms with van der Waals surface area (Å²) in [5.74, 6) is 0. The minimum Gasteiger partial charge on any atom is -0.418 e. The Balaban J connectivity index is 0.000000213. The van der Waals surface area contributed by atoms with Gasteiger partial charge in [-0.25, -0.2) is 0 Å². The summed E-state index contributed by atoms with van der Waals surface area (Å²) in [5, 5.41) is 0. The van der Waals surface area contributed by atoms with Gasteiger partial charge in [-0.3, -0.25) is 0 Å². The molecule has 4 bridgehead atoms.